The zero-order valence-electron chi connectivity index (χ0n) is 8.44. The summed E-state index contributed by atoms with van der Waals surface area (Å²) < 4.78 is 18.5. The maximum Gasteiger partial charge on any atom is 0.436 e. The van der Waals surface area contributed by atoms with Crippen LogP contribution in [0.25, 0.3) is 0 Å². The van der Waals surface area contributed by atoms with Gasteiger partial charge in [-0.1, -0.05) is 27.6 Å². The molecule has 1 aliphatic heterocycles. The SMILES string of the molecule is O=[N+]([O-])c1nccn1[C@@H]1O[C@H](CF)[C@@H](O)[C@@H]1I. The van der Waals surface area contributed by atoms with Gasteiger partial charge in [-0.2, -0.15) is 0 Å². The number of imidazole rings is 1. The molecule has 1 N–H and O–H groups in total. The van der Waals surface area contributed by atoms with Gasteiger partial charge >= 0.3 is 5.95 Å². The lowest BCUT2D eigenvalue weighted by atomic mass is 10.2. The lowest BCUT2D eigenvalue weighted by Gasteiger charge is -2.12. The highest BCUT2D eigenvalue weighted by molar-refractivity contribution is 14.1. The van der Waals surface area contributed by atoms with Crippen LogP contribution in [0.3, 0.4) is 0 Å². The minimum absolute atomic E-state index is 0.386. The molecule has 7 nitrogen and oxygen atoms in total. The van der Waals surface area contributed by atoms with Crippen molar-refractivity contribution in [1.82, 2.24) is 9.55 Å². The molecule has 0 aromatic carbocycles. The van der Waals surface area contributed by atoms with E-state index >= 15 is 0 Å². The van der Waals surface area contributed by atoms with Crippen molar-refractivity contribution in [2.75, 3.05) is 6.67 Å². The van der Waals surface area contributed by atoms with Crippen molar-refractivity contribution in [2.45, 2.75) is 22.4 Å². The quantitative estimate of drug-likeness (QED) is 0.375. The predicted molar refractivity (Wildman–Crippen MR) is 62.6 cm³/mol. The van der Waals surface area contributed by atoms with Gasteiger partial charge < -0.3 is 20.0 Å². The molecule has 9 heteroatoms. The van der Waals surface area contributed by atoms with Crippen LogP contribution in [-0.2, 0) is 4.74 Å². The summed E-state index contributed by atoms with van der Waals surface area (Å²) in [5.41, 5.74) is 0. The highest BCUT2D eigenvalue weighted by Crippen LogP contribution is 2.36. The second-order valence-corrected chi connectivity index (χ2v) is 4.98. The number of alkyl halides is 2. The highest BCUT2D eigenvalue weighted by Gasteiger charge is 2.46. The van der Waals surface area contributed by atoms with Crippen molar-refractivity contribution in [1.29, 1.82) is 0 Å². The van der Waals surface area contributed by atoms with Gasteiger partial charge in [-0.25, -0.2) is 8.96 Å². The van der Waals surface area contributed by atoms with Gasteiger partial charge in [0.1, 0.15) is 31.3 Å². The first-order chi connectivity index (χ1) is 8.06. The van der Waals surface area contributed by atoms with Crippen LogP contribution in [0, 0.1) is 10.1 Å². The van der Waals surface area contributed by atoms with E-state index in [2.05, 4.69) is 4.98 Å². The molecule has 0 saturated carbocycles. The summed E-state index contributed by atoms with van der Waals surface area (Å²) in [5.74, 6) is -0.386. The molecule has 1 saturated heterocycles. The van der Waals surface area contributed by atoms with Crippen molar-refractivity contribution in [3.05, 3.63) is 22.5 Å². The Bertz CT molecular complexity index is 429. The number of nitrogens with zero attached hydrogens (tertiary/aromatic N) is 3. The molecule has 1 aromatic rings. The van der Waals surface area contributed by atoms with E-state index < -0.39 is 34.0 Å². The van der Waals surface area contributed by atoms with Gasteiger partial charge in [0.2, 0.25) is 0 Å². The van der Waals surface area contributed by atoms with Crippen molar-refractivity contribution in [3.8, 4) is 0 Å². The number of hydrogen-bond donors (Lipinski definition) is 1. The van der Waals surface area contributed by atoms with E-state index in [1.807, 2.05) is 22.6 Å². The van der Waals surface area contributed by atoms with Crippen LogP contribution in [-0.4, -0.2) is 42.4 Å². The standard InChI is InChI=1S/C8H9FIN3O4/c9-3-4-6(14)5(10)7(17-4)12-2-1-11-8(12)13(15)16/h1-2,4-7,14H,3H2/t4-,5+,6-,7-/m1/s1. The maximum absolute atomic E-state index is 12.5. The van der Waals surface area contributed by atoms with Gasteiger partial charge in [-0.05, 0) is 4.92 Å². The number of halogens is 2. The van der Waals surface area contributed by atoms with Gasteiger partial charge in [-0.3, -0.25) is 0 Å². The van der Waals surface area contributed by atoms with Crippen molar-refractivity contribution < 1.29 is 19.2 Å². The Hall–Kier alpha value is -0.810. The maximum atomic E-state index is 12.5. The average Bonchev–Trinajstić information content (AvgIpc) is 2.86. The van der Waals surface area contributed by atoms with E-state index in [1.165, 1.54) is 17.0 Å². The van der Waals surface area contributed by atoms with E-state index in [4.69, 9.17) is 4.74 Å². The predicted octanol–water partition coefficient (Wildman–Crippen LogP) is 0.823. The molecular formula is C8H9FIN3O4. The first-order valence-corrected chi connectivity index (χ1v) is 6.01. The smallest absolute Gasteiger partial charge is 0.390 e. The van der Waals surface area contributed by atoms with E-state index in [-0.39, 0.29) is 5.95 Å². The third kappa shape index (κ3) is 2.13. The molecule has 0 bridgehead atoms. The molecular weight excluding hydrogens is 348 g/mol. The molecule has 2 heterocycles. The number of ether oxygens (including phenoxy) is 1. The summed E-state index contributed by atoms with van der Waals surface area (Å²) >= 11 is 1.89. The third-order valence-corrected chi connectivity index (χ3v) is 3.88. The minimum atomic E-state index is -0.993. The van der Waals surface area contributed by atoms with E-state index in [0.717, 1.165) is 0 Å². The zero-order chi connectivity index (χ0) is 12.6. The summed E-state index contributed by atoms with van der Waals surface area (Å²) in [6, 6.07) is 0. The fourth-order valence-corrected chi connectivity index (χ4v) is 2.68. The Balaban J connectivity index is 2.29. The van der Waals surface area contributed by atoms with E-state index in [0.29, 0.717) is 0 Å². The van der Waals surface area contributed by atoms with E-state index in [9.17, 15) is 19.6 Å². The summed E-state index contributed by atoms with van der Waals surface area (Å²) in [5, 5.41) is 20.4. The molecule has 0 amide bonds. The van der Waals surface area contributed by atoms with Gasteiger partial charge in [0.05, 0.1) is 3.92 Å². The molecule has 0 spiro atoms. The molecule has 4 atom stereocenters. The first-order valence-electron chi connectivity index (χ1n) is 4.77. The molecule has 1 aromatic heterocycles. The van der Waals surface area contributed by atoms with Crippen LogP contribution in [0.15, 0.2) is 12.4 Å². The fourth-order valence-electron chi connectivity index (χ4n) is 1.70. The summed E-state index contributed by atoms with van der Waals surface area (Å²) in [6.45, 7) is -0.834. The number of aliphatic hydroxyl groups is 1. The van der Waals surface area contributed by atoms with Crippen LogP contribution in [0.5, 0.6) is 0 Å². The van der Waals surface area contributed by atoms with Crippen LogP contribution >= 0.6 is 22.6 Å². The van der Waals surface area contributed by atoms with E-state index in [1.54, 1.807) is 0 Å². The molecule has 0 aliphatic carbocycles. The zero-order valence-corrected chi connectivity index (χ0v) is 10.6. The van der Waals surface area contributed by atoms with Gasteiger partial charge in [0, 0.05) is 0 Å². The van der Waals surface area contributed by atoms with Crippen LogP contribution in [0.4, 0.5) is 10.3 Å². The molecule has 0 unspecified atom stereocenters. The van der Waals surface area contributed by atoms with Crippen LogP contribution in [0.2, 0.25) is 0 Å². The number of aliphatic hydroxyl groups excluding tert-OH is 1. The van der Waals surface area contributed by atoms with Crippen molar-refractivity contribution >= 4 is 28.5 Å². The highest BCUT2D eigenvalue weighted by atomic mass is 127. The normalized spacial score (nSPS) is 32.9. The lowest BCUT2D eigenvalue weighted by molar-refractivity contribution is -0.398. The molecule has 17 heavy (non-hydrogen) atoms. The Morgan fingerprint density at radius 1 is 1.76 bits per heavy atom. The second-order valence-electron chi connectivity index (χ2n) is 3.55. The number of hydrogen-bond acceptors (Lipinski definition) is 5. The van der Waals surface area contributed by atoms with Crippen molar-refractivity contribution in [2.24, 2.45) is 0 Å². The Morgan fingerprint density at radius 3 is 3.00 bits per heavy atom. The molecule has 1 fully saturated rings. The summed E-state index contributed by atoms with van der Waals surface area (Å²) in [7, 11) is 0. The Kier molecular flexibility index (Phi) is 3.58. The molecule has 0 radical (unpaired) electrons. The van der Waals surface area contributed by atoms with Crippen LogP contribution in [0.1, 0.15) is 6.23 Å². The molecule has 2 rings (SSSR count). The Morgan fingerprint density at radius 2 is 2.47 bits per heavy atom. The Labute approximate surface area is 109 Å². The lowest BCUT2D eigenvalue weighted by Crippen LogP contribution is -2.28. The number of rotatable bonds is 3. The minimum Gasteiger partial charge on any atom is -0.390 e. The van der Waals surface area contributed by atoms with Gasteiger partial charge in [0.15, 0.2) is 6.23 Å². The third-order valence-electron chi connectivity index (χ3n) is 2.53. The summed E-state index contributed by atoms with van der Waals surface area (Å²) in [6.07, 6.45) is -0.0901. The topological polar surface area (TPSA) is 90.4 Å². The monoisotopic (exact) mass is 357 g/mol. The number of nitro groups is 1. The van der Waals surface area contributed by atoms with Crippen LogP contribution < -0.4 is 0 Å². The fraction of sp³-hybridized carbons (Fsp3) is 0.625. The first kappa shape index (κ1) is 12.6. The molecule has 94 valence electrons. The van der Waals surface area contributed by atoms with Gasteiger partial charge in [-0.15, -0.1) is 0 Å². The van der Waals surface area contributed by atoms with Gasteiger partial charge in [0.25, 0.3) is 0 Å². The summed E-state index contributed by atoms with van der Waals surface area (Å²) in [4.78, 5) is 13.6. The largest absolute Gasteiger partial charge is 0.436 e. The van der Waals surface area contributed by atoms with Crippen molar-refractivity contribution in [3.63, 3.8) is 0 Å². The average molecular weight is 357 g/mol. The number of aromatic nitrogens is 2. The second kappa shape index (κ2) is 4.82. The molecule has 1 aliphatic rings.